The Balaban J connectivity index is 2.18. The van der Waals surface area contributed by atoms with Gasteiger partial charge in [0.1, 0.15) is 11.6 Å². The minimum Gasteiger partial charge on any atom is -0.207 e. The summed E-state index contributed by atoms with van der Waals surface area (Å²) >= 11 is 11.3. The van der Waals surface area contributed by atoms with Crippen molar-refractivity contribution in [1.29, 1.82) is 0 Å². The zero-order chi connectivity index (χ0) is 13.3. The fourth-order valence-electron chi connectivity index (χ4n) is 1.62. The molecule has 0 aliphatic carbocycles. The van der Waals surface area contributed by atoms with Gasteiger partial charge in [-0.1, -0.05) is 6.07 Å². The second-order valence-corrected chi connectivity index (χ2v) is 6.63. The number of thiophene rings is 1. The molecule has 0 radical (unpaired) electrons. The smallest absolute Gasteiger partial charge is 0.129 e. The van der Waals surface area contributed by atoms with Gasteiger partial charge in [0.25, 0.3) is 0 Å². The van der Waals surface area contributed by atoms with Crippen LogP contribution in [0.3, 0.4) is 0 Å². The van der Waals surface area contributed by atoms with Gasteiger partial charge in [0.2, 0.25) is 0 Å². The Morgan fingerprint density at radius 3 is 2.61 bits per heavy atom. The van der Waals surface area contributed by atoms with E-state index in [1.54, 1.807) is 11.3 Å². The predicted molar refractivity (Wildman–Crippen MR) is 75.4 cm³/mol. The van der Waals surface area contributed by atoms with Gasteiger partial charge in [-0.15, -0.1) is 22.9 Å². The molecule has 1 aromatic carbocycles. The zero-order valence-electron chi connectivity index (χ0n) is 9.51. The van der Waals surface area contributed by atoms with E-state index in [9.17, 15) is 8.78 Å². The van der Waals surface area contributed by atoms with Gasteiger partial charge >= 0.3 is 0 Å². The summed E-state index contributed by atoms with van der Waals surface area (Å²) in [6.07, 6.45) is 0.347. The van der Waals surface area contributed by atoms with Crippen molar-refractivity contribution in [2.45, 2.75) is 18.7 Å². The molecule has 0 amide bonds. The molecule has 0 aliphatic rings. The number of rotatable bonds is 3. The third kappa shape index (κ3) is 3.11. The third-order valence-corrected chi connectivity index (χ3v) is 5.37. The van der Waals surface area contributed by atoms with Gasteiger partial charge in [-0.2, -0.15) is 0 Å². The SMILES string of the molecule is Cc1sc(C(Cl)Cc2ccc(F)cc2F)cc1Br. The minimum absolute atomic E-state index is 0.306. The summed E-state index contributed by atoms with van der Waals surface area (Å²) in [5.74, 6) is -1.12. The topological polar surface area (TPSA) is 0 Å². The molecule has 96 valence electrons. The molecule has 1 atom stereocenters. The number of alkyl halides is 1. The van der Waals surface area contributed by atoms with Crippen molar-refractivity contribution < 1.29 is 8.78 Å². The zero-order valence-corrected chi connectivity index (χ0v) is 12.7. The summed E-state index contributed by atoms with van der Waals surface area (Å²) in [4.78, 5) is 2.11. The van der Waals surface area contributed by atoms with Gasteiger partial charge in [0.15, 0.2) is 0 Å². The molecular weight excluding hydrogens is 342 g/mol. The van der Waals surface area contributed by atoms with Crippen LogP contribution in [0.4, 0.5) is 8.78 Å². The van der Waals surface area contributed by atoms with E-state index in [-0.39, 0.29) is 5.38 Å². The van der Waals surface area contributed by atoms with E-state index in [0.717, 1.165) is 20.3 Å². The summed E-state index contributed by atoms with van der Waals surface area (Å²) in [5.41, 5.74) is 0.429. The maximum Gasteiger partial charge on any atom is 0.129 e. The van der Waals surface area contributed by atoms with Gasteiger partial charge in [0, 0.05) is 20.3 Å². The molecule has 2 rings (SSSR count). The standard InChI is InChI=1S/C13H10BrClF2S/c1-7-10(14)6-13(18-7)11(15)4-8-2-3-9(16)5-12(8)17/h2-3,5-6,11H,4H2,1H3. The van der Waals surface area contributed by atoms with Crippen molar-refractivity contribution in [3.05, 3.63) is 55.7 Å². The van der Waals surface area contributed by atoms with Crippen LogP contribution in [0, 0.1) is 18.6 Å². The Kier molecular flexibility index (Phi) is 4.41. The molecule has 1 heterocycles. The highest BCUT2D eigenvalue weighted by atomic mass is 79.9. The predicted octanol–water partition coefficient (Wildman–Crippen LogP) is 5.62. The summed E-state index contributed by atoms with van der Waals surface area (Å²) in [7, 11) is 0. The molecule has 0 nitrogen and oxygen atoms in total. The van der Waals surface area contributed by atoms with E-state index in [4.69, 9.17) is 11.6 Å². The average molecular weight is 352 g/mol. The van der Waals surface area contributed by atoms with Crippen molar-refractivity contribution in [1.82, 2.24) is 0 Å². The van der Waals surface area contributed by atoms with Crippen LogP contribution in [0.5, 0.6) is 0 Å². The Bertz CT molecular complexity index is 549. The lowest BCUT2D eigenvalue weighted by molar-refractivity contribution is 0.571. The second-order valence-electron chi connectivity index (χ2n) is 3.96. The van der Waals surface area contributed by atoms with Crippen molar-refractivity contribution in [2.24, 2.45) is 0 Å². The van der Waals surface area contributed by atoms with E-state index in [1.165, 1.54) is 12.1 Å². The highest BCUT2D eigenvalue weighted by Gasteiger charge is 2.15. The maximum absolute atomic E-state index is 13.5. The van der Waals surface area contributed by atoms with Gasteiger partial charge in [-0.3, -0.25) is 0 Å². The Hall–Kier alpha value is -0.450. The monoisotopic (exact) mass is 350 g/mol. The number of hydrogen-bond donors (Lipinski definition) is 0. The first-order valence-corrected chi connectivity index (χ1v) is 7.36. The summed E-state index contributed by atoms with van der Waals surface area (Å²) in [5, 5.41) is -0.306. The van der Waals surface area contributed by atoms with Crippen molar-refractivity contribution in [3.8, 4) is 0 Å². The fourth-order valence-corrected chi connectivity index (χ4v) is 3.52. The molecule has 2 aromatic rings. The van der Waals surface area contributed by atoms with E-state index in [1.807, 2.05) is 13.0 Å². The molecule has 0 bridgehead atoms. The molecule has 0 saturated carbocycles. The molecule has 1 unspecified atom stereocenters. The maximum atomic E-state index is 13.5. The molecule has 18 heavy (non-hydrogen) atoms. The van der Waals surface area contributed by atoms with Crippen LogP contribution in [0.1, 0.15) is 20.7 Å². The quantitative estimate of drug-likeness (QED) is 0.630. The lowest BCUT2D eigenvalue weighted by Gasteiger charge is -2.08. The minimum atomic E-state index is -0.572. The fraction of sp³-hybridized carbons (Fsp3) is 0.231. The molecule has 0 saturated heterocycles. The van der Waals surface area contributed by atoms with Crippen LogP contribution >= 0.6 is 38.9 Å². The molecule has 0 N–H and O–H groups in total. The van der Waals surface area contributed by atoms with Crippen LogP contribution in [0.15, 0.2) is 28.7 Å². The number of hydrogen-bond acceptors (Lipinski definition) is 1. The first-order chi connectivity index (χ1) is 8.47. The van der Waals surface area contributed by atoms with Gasteiger partial charge in [-0.25, -0.2) is 8.78 Å². The first-order valence-electron chi connectivity index (χ1n) is 5.31. The summed E-state index contributed by atoms with van der Waals surface area (Å²) in [6.45, 7) is 1.99. The molecule has 5 heteroatoms. The highest BCUT2D eigenvalue weighted by Crippen LogP contribution is 2.35. The van der Waals surface area contributed by atoms with Crippen LogP contribution in [0.25, 0.3) is 0 Å². The Morgan fingerprint density at radius 2 is 2.06 bits per heavy atom. The molecule has 0 spiro atoms. The van der Waals surface area contributed by atoms with Crippen molar-refractivity contribution in [3.63, 3.8) is 0 Å². The molecule has 0 aliphatic heterocycles. The third-order valence-electron chi connectivity index (χ3n) is 2.60. The summed E-state index contributed by atoms with van der Waals surface area (Å²) < 4.78 is 27.3. The summed E-state index contributed by atoms with van der Waals surface area (Å²) in [6, 6.07) is 5.51. The van der Waals surface area contributed by atoms with Crippen molar-refractivity contribution in [2.75, 3.05) is 0 Å². The van der Waals surface area contributed by atoms with Crippen LogP contribution in [-0.2, 0) is 6.42 Å². The van der Waals surface area contributed by atoms with Gasteiger partial charge in [-0.05, 0) is 47.0 Å². The Morgan fingerprint density at radius 1 is 1.33 bits per heavy atom. The largest absolute Gasteiger partial charge is 0.207 e. The van der Waals surface area contributed by atoms with E-state index < -0.39 is 11.6 Å². The second kappa shape index (κ2) is 5.68. The average Bonchev–Trinajstić information content (AvgIpc) is 2.63. The van der Waals surface area contributed by atoms with Gasteiger partial charge in [0.05, 0.1) is 5.38 Å². The first kappa shape index (κ1) is 14.0. The van der Waals surface area contributed by atoms with Crippen LogP contribution < -0.4 is 0 Å². The Labute approximate surface area is 122 Å². The van der Waals surface area contributed by atoms with Crippen LogP contribution in [-0.4, -0.2) is 0 Å². The van der Waals surface area contributed by atoms with Gasteiger partial charge < -0.3 is 0 Å². The van der Waals surface area contributed by atoms with Crippen LogP contribution in [0.2, 0.25) is 0 Å². The highest BCUT2D eigenvalue weighted by molar-refractivity contribution is 9.10. The lowest BCUT2D eigenvalue weighted by atomic mass is 10.1. The number of aryl methyl sites for hydroxylation is 1. The van der Waals surface area contributed by atoms with Crippen molar-refractivity contribution >= 4 is 38.9 Å². The normalized spacial score (nSPS) is 12.7. The molecule has 1 aromatic heterocycles. The number of benzene rings is 1. The lowest BCUT2D eigenvalue weighted by Crippen LogP contribution is -1.97. The van der Waals surface area contributed by atoms with E-state index in [0.29, 0.717) is 12.0 Å². The molecule has 0 fully saturated rings. The number of halogens is 4. The van der Waals surface area contributed by atoms with E-state index >= 15 is 0 Å². The van der Waals surface area contributed by atoms with E-state index in [2.05, 4.69) is 15.9 Å². The molecular formula is C13H10BrClF2S.